The zero-order valence-corrected chi connectivity index (χ0v) is 16.5. The van der Waals surface area contributed by atoms with Gasteiger partial charge in [0.05, 0.1) is 7.11 Å². The van der Waals surface area contributed by atoms with Crippen LogP contribution in [0.5, 0.6) is 0 Å². The summed E-state index contributed by atoms with van der Waals surface area (Å²) in [6.07, 6.45) is 1.40. The molecule has 2 unspecified atom stereocenters. The van der Waals surface area contributed by atoms with E-state index < -0.39 is 30.1 Å². The molecule has 7 heteroatoms. The summed E-state index contributed by atoms with van der Waals surface area (Å²) in [7, 11) is 1.28. The van der Waals surface area contributed by atoms with E-state index in [0.29, 0.717) is 6.42 Å². The van der Waals surface area contributed by atoms with Crippen LogP contribution in [0.3, 0.4) is 0 Å². The van der Waals surface area contributed by atoms with Crippen molar-refractivity contribution in [3.8, 4) is 0 Å². The Balaban J connectivity index is 2.68. The zero-order chi connectivity index (χ0) is 20.2. The van der Waals surface area contributed by atoms with E-state index >= 15 is 0 Å². The van der Waals surface area contributed by atoms with Crippen LogP contribution in [-0.4, -0.2) is 37.2 Å². The van der Waals surface area contributed by atoms with Crippen LogP contribution in [-0.2, 0) is 25.7 Å². The van der Waals surface area contributed by atoms with Crippen molar-refractivity contribution in [2.75, 3.05) is 7.11 Å². The highest BCUT2D eigenvalue weighted by Gasteiger charge is 2.29. The quantitative estimate of drug-likeness (QED) is 0.611. The first-order chi connectivity index (χ1) is 12.9. The van der Waals surface area contributed by atoms with E-state index in [2.05, 4.69) is 10.6 Å². The molecule has 0 aliphatic heterocycles. The van der Waals surface area contributed by atoms with E-state index in [9.17, 15) is 14.4 Å². The summed E-state index contributed by atoms with van der Waals surface area (Å²) in [5.74, 6) is -1.08. The van der Waals surface area contributed by atoms with E-state index in [1.54, 1.807) is 0 Å². The van der Waals surface area contributed by atoms with Crippen LogP contribution in [0.2, 0.25) is 0 Å². The molecule has 0 heterocycles. The van der Waals surface area contributed by atoms with Crippen molar-refractivity contribution >= 4 is 18.0 Å². The monoisotopic (exact) mass is 378 g/mol. The summed E-state index contributed by atoms with van der Waals surface area (Å²) in [6, 6.07) is 7.73. The lowest BCUT2D eigenvalue weighted by atomic mass is 10.0. The third-order valence-corrected chi connectivity index (χ3v) is 4.09. The lowest BCUT2D eigenvalue weighted by Gasteiger charge is -2.24. The van der Waals surface area contributed by atoms with Crippen LogP contribution >= 0.6 is 0 Å². The normalized spacial score (nSPS) is 12.8. The predicted molar refractivity (Wildman–Crippen MR) is 102 cm³/mol. The van der Waals surface area contributed by atoms with Gasteiger partial charge in [0.25, 0.3) is 0 Å². The molecule has 0 spiro atoms. The number of hydrogen-bond donors (Lipinski definition) is 2. The van der Waals surface area contributed by atoms with Gasteiger partial charge in [-0.05, 0) is 17.9 Å². The first kappa shape index (κ1) is 22.5. The van der Waals surface area contributed by atoms with Crippen LogP contribution < -0.4 is 10.6 Å². The molecule has 0 saturated heterocycles. The Bertz CT molecular complexity index is 604. The van der Waals surface area contributed by atoms with Gasteiger partial charge in [-0.1, -0.05) is 63.9 Å². The zero-order valence-electron chi connectivity index (χ0n) is 16.5. The summed E-state index contributed by atoms with van der Waals surface area (Å²) >= 11 is 0. The van der Waals surface area contributed by atoms with Gasteiger partial charge >= 0.3 is 12.1 Å². The number of carbonyl (C=O) groups excluding carboxylic acids is 3. The van der Waals surface area contributed by atoms with Crippen molar-refractivity contribution in [3.63, 3.8) is 0 Å². The van der Waals surface area contributed by atoms with Crippen LogP contribution in [0.15, 0.2) is 30.3 Å². The molecule has 0 aromatic heterocycles. The van der Waals surface area contributed by atoms with Crippen LogP contribution in [0.25, 0.3) is 0 Å². The second-order valence-corrected chi connectivity index (χ2v) is 6.65. The molecule has 0 aliphatic rings. The Morgan fingerprint density at radius 1 is 1.07 bits per heavy atom. The third-order valence-electron chi connectivity index (χ3n) is 4.09. The Morgan fingerprint density at radius 3 is 2.30 bits per heavy atom. The van der Waals surface area contributed by atoms with E-state index in [-0.39, 0.29) is 12.5 Å². The minimum Gasteiger partial charge on any atom is -0.467 e. The lowest BCUT2D eigenvalue weighted by Crippen LogP contribution is -2.53. The van der Waals surface area contributed by atoms with E-state index in [0.717, 1.165) is 18.4 Å². The Labute approximate surface area is 160 Å². The van der Waals surface area contributed by atoms with Crippen molar-refractivity contribution in [2.45, 2.75) is 58.7 Å². The smallest absolute Gasteiger partial charge is 0.408 e. The topological polar surface area (TPSA) is 93.7 Å². The number of unbranched alkanes of at least 4 members (excludes halogenated alkanes) is 1. The number of esters is 1. The fourth-order valence-corrected chi connectivity index (χ4v) is 2.46. The summed E-state index contributed by atoms with van der Waals surface area (Å²) in [6.45, 7) is 5.73. The van der Waals surface area contributed by atoms with Crippen molar-refractivity contribution in [3.05, 3.63) is 35.9 Å². The molecule has 7 nitrogen and oxygen atoms in total. The molecule has 2 N–H and O–H groups in total. The number of carbonyl (C=O) groups is 3. The number of hydrogen-bond acceptors (Lipinski definition) is 5. The number of rotatable bonds is 10. The van der Waals surface area contributed by atoms with Gasteiger partial charge in [-0.25, -0.2) is 9.59 Å². The molecule has 1 rings (SSSR count). The Morgan fingerprint density at radius 2 is 1.74 bits per heavy atom. The van der Waals surface area contributed by atoms with Gasteiger partial charge in [0.15, 0.2) is 0 Å². The first-order valence-electron chi connectivity index (χ1n) is 9.24. The first-order valence-corrected chi connectivity index (χ1v) is 9.24. The molecular formula is C20H30N2O5. The van der Waals surface area contributed by atoms with Crippen molar-refractivity contribution in [1.29, 1.82) is 0 Å². The molecule has 0 aliphatic carbocycles. The standard InChI is InChI=1S/C20H30N2O5/c1-5-6-12-16(18(23)22-17(14(2)3)19(24)26-4)21-20(25)27-13-15-10-8-7-9-11-15/h7-11,14,16-17H,5-6,12-13H2,1-4H3,(H,21,25)(H,22,23). The SMILES string of the molecule is CCCCC(NC(=O)OCc1ccccc1)C(=O)NC(C(=O)OC)C(C)C. The maximum Gasteiger partial charge on any atom is 0.408 e. The molecule has 1 aromatic rings. The van der Waals surface area contributed by atoms with E-state index in [4.69, 9.17) is 9.47 Å². The summed E-state index contributed by atoms with van der Waals surface area (Å²) in [4.78, 5) is 36.6. The van der Waals surface area contributed by atoms with Gasteiger partial charge in [-0.3, -0.25) is 4.79 Å². The molecule has 2 atom stereocenters. The molecule has 0 radical (unpaired) electrons. The van der Waals surface area contributed by atoms with Crippen LogP contribution in [0, 0.1) is 5.92 Å². The lowest BCUT2D eigenvalue weighted by molar-refractivity contribution is -0.146. The maximum atomic E-state index is 12.6. The number of ether oxygens (including phenoxy) is 2. The molecule has 27 heavy (non-hydrogen) atoms. The summed E-state index contributed by atoms with van der Waals surface area (Å²) in [5.41, 5.74) is 0.854. The average molecular weight is 378 g/mol. The molecule has 0 saturated carbocycles. The fourth-order valence-electron chi connectivity index (χ4n) is 2.46. The van der Waals surface area contributed by atoms with Crippen molar-refractivity contribution < 1.29 is 23.9 Å². The Hall–Kier alpha value is -2.57. The minimum absolute atomic E-state index is 0.117. The highest BCUT2D eigenvalue weighted by atomic mass is 16.5. The highest BCUT2D eigenvalue weighted by molar-refractivity contribution is 5.89. The third kappa shape index (κ3) is 8.11. The van der Waals surface area contributed by atoms with Gasteiger partial charge < -0.3 is 20.1 Å². The minimum atomic E-state index is -0.779. The largest absolute Gasteiger partial charge is 0.467 e. The van der Waals surface area contributed by atoms with Gasteiger partial charge in [-0.15, -0.1) is 0 Å². The molecular weight excluding hydrogens is 348 g/mol. The molecule has 150 valence electrons. The number of benzene rings is 1. The molecule has 1 aromatic carbocycles. The maximum absolute atomic E-state index is 12.6. The van der Waals surface area contributed by atoms with Gasteiger partial charge in [0, 0.05) is 0 Å². The van der Waals surface area contributed by atoms with Crippen LogP contribution in [0.1, 0.15) is 45.6 Å². The molecule has 0 bridgehead atoms. The fraction of sp³-hybridized carbons (Fsp3) is 0.550. The van der Waals surface area contributed by atoms with E-state index in [1.807, 2.05) is 51.1 Å². The molecule has 2 amide bonds. The number of nitrogens with one attached hydrogen (secondary N) is 2. The second kappa shape index (κ2) is 11.9. The number of alkyl carbamates (subject to hydrolysis) is 1. The van der Waals surface area contributed by atoms with Gasteiger partial charge in [0.2, 0.25) is 5.91 Å². The average Bonchev–Trinajstić information content (AvgIpc) is 2.67. The summed E-state index contributed by atoms with van der Waals surface area (Å²) in [5, 5.41) is 5.27. The summed E-state index contributed by atoms with van der Waals surface area (Å²) < 4.78 is 9.93. The van der Waals surface area contributed by atoms with Crippen molar-refractivity contribution in [1.82, 2.24) is 10.6 Å². The number of methoxy groups -OCH3 is 1. The van der Waals surface area contributed by atoms with Gasteiger partial charge in [-0.2, -0.15) is 0 Å². The molecule has 0 fully saturated rings. The highest BCUT2D eigenvalue weighted by Crippen LogP contribution is 2.08. The van der Waals surface area contributed by atoms with Gasteiger partial charge in [0.1, 0.15) is 18.7 Å². The van der Waals surface area contributed by atoms with Crippen molar-refractivity contribution in [2.24, 2.45) is 5.92 Å². The van der Waals surface area contributed by atoms with Crippen LogP contribution in [0.4, 0.5) is 4.79 Å². The predicted octanol–water partition coefficient (Wildman–Crippen LogP) is 2.79. The number of amides is 2. The van der Waals surface area contributed by atoms with E-state index in [1.165, 1.54) is 7.11 Å². The Kier molecular flexibility index (Phi) is 9.93. The second-order valence-electron chi connectivity index (χ2n) is 6.65.